The van der Waals surface area contributed by atoms with Gasteiger partial charge in [-0.15, -0.1) is 0 Å². The number of nitrogens with zero attached hydrogens (tertiary/aromatic N) is 3. The van der Waals surface area contributed by atoms with E-state index < -0.39 is 5.41 Å². The predicted octanol–water partition coefficient (Wildman–Crippen LogP) is 1.32. The number of aryl methyl sites for hydroxylation is 2. The molecule has 19 heavy (non-hydrogen) atoms. The van der Waals surface area contributed by atoms with Gasteiger partial charge in [0.25, 0.3) is 0 Å². The molecule has 0 bridgehead atoms. The summed E-state index contributed by atoms with van der Waals surface area (Å²) in [5.74, 6) is 1.02. The quantitative estimate of drug-likeness (QED) is 0.869. The third-order valence-corrected chi connectivity index (χ3v) is 4.30. The number of imidazole rings is 1. The van der Waals surface area contributed by atoms with Crippen LogP contribution in [0.4, 0.5) is 0 Å². The Morgan fingerprint density at radius 2 is 2.42 bits per heavy atom. The van der Waals surface area contributed by atoms with Gasteiger partial charge in [0.2, 0.25) is 5.91 Å². The molecule has 1 N–H and O–H groups in total. The third kappa shape index (κ3) is 2.01. The average Bonchev–Trinajstić information content (AvgIpc) is 2.67. The van der Waals surface area contributed by atoms with Crippen LogP contribution in [-0.4, -0.2) is 21.5 Å². The van der Waals surface area contributed by atoms with E-state index in [1.54, 1.807) is 0 Å². The molecule has 1 aromatic rings. The zero-order chi connectivity index (χ0) is 13.5. The first-order valence-electron chi connectivity index (χ1n) is 6.88. The number of rotatable bonds is 2. The van der Waals surface area contributed by atoms with E-state index in [2.05, 4.69) is 20.9 Å². The van der Waals surface area contributed by atoms with E-state index in [4.69, 9.17) is 0 Å². The minimum Gasteiger partial charge on any atom is -0.350 e. The molecule has 2 aliphatic rings. The van der Waals surface area contributed by atoms with Crippen LogP contribution in [0, 0.1) is 23.7 Å². The second-order valence-electron chi connectivity index (χ2n) is 5.71. The zero-order valence-corrected chi connectivity index (χ0v) is 11.1. The maximum atomic E-state index is 12.2. The first-order chi connectivity index (χ1) is 9.13. The van der Waals surface area contributed by atoms with E-state index in [9.17, 15) is 10.1 Å². The summed E-state index contributed by atoms with van der Waals surface area (Å²) in [5.41, 5.74) is 0.278. The van der Waals surface area contributed by atoms with Crippen molar-refractivity contribution in [3.05, 3.63) is 17.7 Å². The number of fused-ring (bicyclic) bond motifs is 1. The molecule has 1 fully saturated rings. The molecule has 1 aromatic heterocycles. The highest BCUT2D eigenvalue weighted by atomic mass is 16.2. The van der Waals surface area contributed by atoms with Gasteiger partial charge in [-0.05, 0) is 32.6 Å². The Labute approximate surface area is 112 Å². The highest BCUT2D eigenvalue weighted by Gasteiger charge is 2.45. The Morgan fingerprint density at radius 3 is 3.05 bits per heavy atom. The Kier molecular flexibility index (Phi) is 2.81. The monoisotopic (exact) mass is 258 g/mol. The lowest BCUT2D eigenvalue weighted by atomic mass is 9.69. The molecule has 1 aliphatic carbocycles. The second kappa shape index (κ2) is 4.37. The molecule has 2 heterocycles. The molecule has 1 amide bonds. The van der Waals surface area contributed by atoms with Crippen LogP contribution in [0.25, 0.3) is 0 Å². The summed E-state index contributed by atoms with van der Waals surface area (Å²) < 4.78 is 2.11. The normalized spacial score (nSPS) is 23.9. The fourth-order valence-corrected chi connectivity index (χ4v) is 2.95. The van der Waals surface area contributed by atoms with Crippen molar-refractivity contribution in [3.63, 3.8) is 0 Å². The van der Waals surface area contributed by atoms with Crippen LogP contribution in [0.3, 0.4) is 0 Å². The van der Waals surface area contributed by atoms with Crippen molar-refractivity contribution in [3.8, 4) is 6.07 Å². The maximum Gasteiger partial charge on any atom is 0.240 e. The molecule has 0 aromatic carbocycles. The van der Waals surface area contributed by atoms with Gasteiger partial charge >= 0.3 is 0 Å². The molecular formula is C14H18N4O. The fraction of sp³-hybridized carbons (Fsp3) is 0.643. The zero-order valence-electron chi connectivity index (χ0n) is 11.1. The van der Waals surface area contributed by atoms with Crippen molar-refractivity contribution in [2.24, 2.45) is 5.41 Å². The minimum atomic E-state index is -0.745. The molecule has 5 nitrogen and oxygen atoms in total. The third-order valence-electron chi connectivity index (χ3n) is 4.30. The molecule has 0 spiro atoms. The highest BCUT2D eigenvalue weighted by Crippen LogP contribution is 2.40. The topological polar surface area (TPSA) is 70.7 Å². The summed E-state index contributed by atoms with van der Waals surface area (Å²) in [6.07, 6.45) is 6.21. The van der Waals surface area contributed by atoms with Crippen LogP contribution < -0.4 is 5.32 Å². The van der Waals surface area contributed by atoms with Gasteiger partial charge < -0.3 is 9.88 Å². The Morgan fingerprint density at radius 1 is 1.63 bits per heavy atom. The number of hydrogen-bond donors (Lipinski definition) is 1. The van der Waals surface area contributed by atoms with Gasteiger partial charge in [-0.1, -0.05) is 0 Å². The second-order valence-corrected chi connectivity index (χ2v) is 5.71. The lowest BCUT2D eigenvalue weighted by Gasteiger charge is -2.35. The van der Waals surface area contributed by atoms with Crippen LogP contribution >= 0.6 is 0 Å². The van der Waals surface area contributed by atoms with E-state index in [0.29, 0.717) is 12.8 Å². The smallest absolute Gasteiger partial charge is 0.240 e. The Bertz CT molecular complexity index is 550. The van der Waals surface area contributed by atoms with Gasteiger partial charge in [-0.3, -0.25) is 4.79 Å². The fourth-order valence-electron chi connectivity index (χ4n) is 2.95. The summed E-state index contributed by atoms with van der Waals surface area (Å²) in [7, 11) is 0. The number of aromatic nitrogens is 2. The van der Waals surface area contributed by atoms with Crippen molar-refractivity contribution in [2.45, 2.75) is 51.6 Å². The van der Waals surface area contributed by atoms with Crippen molar-refractivity contribution in [2.75, 3.05) is 0 Å². The number of hydrogen-bond acceptors (Lipinski definition) is 3. The summed E-state index contributed by atoms with van der Waals surface area (Å²) in [4.78, 5) is 16.7. The molecular weight excluding hydrogens is 240 g/mol. The van der Waals surface area contributed by atoms with Gasteiger partial charge in [0.15, 0.2) is 0 Å². The summed E-state index contributed by atoms with van der Waals surface area (Å²) >= 11 is 0. The lowest BCUT2D eigenvalue weighted by Crippen LogP contribution is -2.50. The molecule has 0 radical (unpaired) electrons. The van der Waals surface area contributed by atoms with Gasteiger partial charge in [0, 0.05) is 25.2 Å². The molecule has 5 heteroatoms. The molecule has 1 atom stereocenters. The van der Waals surface area contributed by atoms with Crippen molar-refractivity contribution in [1.29, 1.82) is 5.26 Å². The predicted molar refractivity (Wildman–Crippen MR) is 69.1 cm³/mol. The largest absolute Gasteiger partial charge is 0.350 e. The summed E-state index contributed by atoms with van der Waals surface area (Å²) in [5, 5.41) is 12.2. The van der Waals surface area contributed by atoms with Crippen molar-refractivity contribution >= 4 is 5.91 Å². The van der Waals surface area contributed by atoms with E-state index in [1.165, 1.54) is 0 Å². The van der Waals surface area contributed by atoms with Gasteiger partial charge in [-0.25, -0.2) is 4.98 Å². The van der Waals surface area contributed by atoms with Crippen molar-refractivity contribution in [1.82, 2.24) is 14.9 Å². The molecule has 0 saturated heterocycles. The van der Waals surface area contributed by atoms with Crippen LogP contribution in [0.15, 0.2) is 6.20 Å². The maximum absolute atomic E-state index is 12.2. The van der Waals surface area contributed by atoms with E-state index >= 15 is 0 Å². The van der Waals surface area contributed by atoms with Crippen LogP contribution in [0.5, 0.6) is 0 Å². The van der Waals surface area contributed by atoms with Crippen LogP contribution in [0.1, 0.15) is 37.2 Å². The van der Waals surface area contributed by atoms with E-state index in [0.717, 1.165) is 37.3 Å². The lowest BCUT2D eigenvalue weighted by molar-refractivity contribution is -0.132. The first-order valence-corrected chi connectivity index (χ1v) is 6.88. The highest BCUT2D eigenvalue weighted by molar-refractivity contribution is 5.86. The van der Waals surface area contributed by atoms with E-state index in [-0.39, 0.29) is 11.9 Å². The van der Waals surface area contributed by atoms with Gasteiger partial charge in [-0.2, -0.15) is 5.26 Å². The standard InChI is InChI=1S/C14H18N4O/c1-10-7-18-8-11(3-4-12(18)16-10)17-13(19)14(9-15)5-2-6-14/h7,11H,2-6,8H2,1H3,(H,17,19)/t11-/m1/s1. The molecule has 3 rings (SSSR count). The van der Waals surface area contributed by atoms with E-state index in [1.807, 2.05) is 13.1 Å². The number of nitrogens with one attached hydrogen (secondary N) is 1. The van der Waals surface area contributed by atoms with Crippen molar-refractivity contribution < 1.29 is 4.79 Å². The average molecular weight is 258 g/mol. The number of amides is 1. The minimum absolute atomic E-state index is 0.0773. The number of nitriles is 1. The number of carbonyl (C=O) groups is 1. The molecule has 0 unspecified atom stereocenters. The summed E-state index contributed by atoms with van der Waals surface area (Å²) in [6, 6.07) is 2.32. The van der Waals surface area contributed by atoms with Gasteiger partial charge in [0.1, 0.15) is 11.2 Å². The molecule has 1 aliphatic heterocycles. The Hall–Kier alpha value is -1.83. The molecule has 1 saturated carbocycles. The SMILES string of the molecule is Cc1cn2c(n1)CC[C@@H](NC(=O)C1(C#N)CCC1)C2. The summed E-state index contributed by atoms with van der Waals surface area (Å²) in [6.45, 7) is 2.75. The number of carbonyl (C=O) groups excluding carboxylic acids is 1. The van der Waals surface area contributed by atoms with Crippen LogP contribution in [0.2, 0.25) is 0 Å². The van der Waals surface area contributed by atoms with Gasteiger partial charge in [0.05, 0.1) is 11.8 Å². The first kappa shape index (κ1) is 12.2. The van der Waals surface area contributed by atoms with Crippen LogP contribution in [-0.2, 0) is 17.8 Å². The molecule has 100 valence electrons. The Balaban J connectivity index is 1.66.